The zero-order valence-electron chi connectivity index (χ0n) is 17.1. The largest absolute Gasteiger partial charge is 0.324 e. The van der Waals surface area contributed by atoms with Gasteiger partial charge in [0.05, 0.1) is 26.3 Å². The summed E-state index contributed by atoms with van der Waals surface area (Å²) in [6.45, 7) is 5.73. The number of anilines is 1. The monoisotopic (exact) mass is 490 g/mol. The van der Waals surface area contributed by atoms with Crippen molar-refractivity contribution in [1.82, 2.24) is 9.55 Å². The van der Waals surface area contributed by atoms with Crippen LogP contribution in [0.25, 0.3) is 10.2 Å². The Hall–Kier alpha value is -2.69. The Morgan fingerprint density at radius 1 is 1.50 bits per heavy atom. The van der Waals surface area contributed by atoms with E-state index < -0.39 is 10.2 Å². The molecule has 2 aromatic heterocycles. The number of carbonyl (C=O) groups is 1. The van der Waals surface area contributed by atoms with Crippen molar-refractivity contribution in [1.29, 1.82) is 0 Å². The average molecular weight is 491 g/mol. The predicted molar refractivity (Wildman–Crippen MR) is 128 cm³/mol. The number of nitro groups is 1. The second kappa shape index (κ2) is 9.05. The fraction of sp³-hybridized carbons (Fsp3) is 0.286. The van der Waals surface area contributed by atoms with E-state index in [-0.39, 0.29) is 34.4 Å². The lowest BCUT2D eigenvalue weighted by Crippen LogP contribution is -2.27. The molecule has 1 N–H and O–H groups in total. The van der Waals surface area contributed by atoms with E-state index in [1.54, 1.807) is 28.9 Å². The first-order chi connectivity index (χ1) is 15.3. The SMILES string of the molecule is C=CCn1c(S[C@H](C)C(=O)Nc2ccc([N+](=O)[O-])cc2Cl)nc2sc3c(c2c1=O)CCC3. The molecule has 0 radical (unpaired) electrons. The smallest absolute Gasteiger partial charge is 0.271 e. The van der Waals surface area contributed by atoms with E-state index in [0.29, 0.717) is 15.4 Å². The molecule has 2 heterocycles. The van der Waals surface area contributed by atoms with Gasteiger partial charge in [0, 0.05) is 23.6 Å². The Bertz CT molecular complexity index is 1320. The molecule has 0 unspecified atom stereocenters. The highest BCUT2D eigenvalue weighted by Crippen LogP contribution is 2.36. The van der Waals surface area contributed by atoms with Crippen LogP contribution in [0.5, 0.6) is 0 Å². The summed E-state index contributed by atoms with van der Waals surface area (Å²) in [6.07, 6.45) is 4.54. The fourth-order valence-electron chi connectivity index (χ4n) is 3.60. The van der Waals surface area contributed by atoms with Crippen molar-refractivity contribution in [3.05, 3.63) is 66.8 Å². The molecule has 3 aromatic rings. The number of thioether (sulfide) groups is 1. The van der Waals surface area contributed by atoms with Crippen LogP contribution in [0.1, 0.15) is 23.8 Å². The summed E-state index contributed by atoms with van der Waals surface area (Å²) in [4.78, 5) is 42.9. The first-order valence-corrected chi connectivity index (χ1v) is 11.9. The molecular formula is C21H19ClN4O4S2. The number of carbonyl (C=O) groups excluding carboxylic acids is 1. The number of aromatic nitrogens is 2. The molecule has 1 aliphatic carbocycles. The maximum Gasteiger partial charge on any atom is 0.271 e. The van der Waals surface area contributed by atoms with Crippen molar-refractivity contribution in [3.8, 4) is 0 Å². The van der Waals surface area contributed by atoms with Gasteiger partial charge >= 0.3 is 0 Å². The number of nitrogens with zero attached hydrogens (tertiary/aromatic N) is 3. The number of halogens is 1. The minimum Gasteiger partial charge on any atom is -0.324 e. The summed E-state index contributed by atoms with van der Waals surface area (Å²) in [5, 5.41) is 14.1. The number of allylic oxidation sites excluding steroid dienone is 1. The van der Waals surface area contributed by atoms with Gasteiger partial charge in [-0.05, 0) is 37.8 Å². The molecule has 32 heavy (non-hydrogen) atoms. The van der Waals surface area contributed by atoms with Crippen LogP contribution < -0.4 is 10.9 Å². The van der Waals surface area contributed by atoms with E-state index in [1.807, 2.05) is 0 Å². The summed E-state index contributed by atoms with van der Waals surface area (Å²) in [7, 11) is 0. The Morgan fingerprint density at radius 2 is 2.28 bits per heavy atom. The molecule has 1 amide bonds. The third kappa shape index (κ3) is 4.17. The Labute approximate surface area is 196 Å². The van der Waals surface area contributed by atoms with Gasteiger partial charge in [-0.15, -0.1) is 17.9 Å². The van der Waals surface area contributed by atoms with Crippen LogP contribution in [-0.4, -0.2) is 25.6 Å². The van der Waals surface area contributed by atoms with Crippen molar-refractivity contribution >= 4 is 62.2 Å². The summed E-state index contributed by atoms with van der Waals surface area (Å²) < 4.78 is 1.55. The molecule has 0 saturated heterocycles. The quantitative estimate of drug-likeness (QED) is 0.167. The van der Waals surface area contributed by atoms with Crippen LogP contribution in [0.4, 0.5) is 11.4 Å². The molecule has 8 nitrogen and oxygen atoms in total. The van der Waals surface area contributed by atoms with Crippen molar-refractivity contribution in [2.45, 2.75) is 43.1 Å². The van der Waals surface area contributed by atoms with Crippen LogP contribution >= 0.6 is 34.7 Å². The molecule has 0 bridgehead atoms. The molecule has 4 rings (SSSR count). The van der Waals surface area contributed by atoms with Crippen molar-refractivity contribution in [3.63, 3.8) is 0 Å². The normalized spacial score (nSPS) is 13.7. The van der Waals surface area contributed by atoms with Gasteiger partial charge in [-0.3, -0.25) is 24.3 Å². The summed E-state index contributed by atoms with van der Waals surface area (Å²) in [5.74, 6) is -0.362. The van der Waals surface area contributed by atoms with Crippen molar-refractivity contribution in [2.24, 2.45) is 0 Å². The molecule has 1 aliphatic rings. The highest BCUT2D eigenvalue weighted by atomic mass is 35.5. The van der Waals surface area contributed by atoms with Crippen LogP contribution in [0.2, 0.25) is 5.02 Å². The Morgan fingerprint density at radius 3 is 2.97 bits per heavy atom. The lowest BCUT2D eigenvalue weighted by Gasteiger charge is -2.15. The number of amides is 1. The maximum absolute atomic E-state index is 13.2. The van der Waals surface area contributed by atoms with E-state index in [4.69, 9.17) is 16.6 Å². The molecule has 0 spiro atoms. The summed E-state index contributed by atoms with van der Waals surface area (Å²) in [5.41, 5.74) is 1.11. The molecule has 0 saturated carbocycles. The first-order valence-electron chi connectivity index (χ1n) is 9.87. The number of rotatable bonds is 7. The zero-order chi connectivity index (χ0) is 23.0. The molecule has 0 fully saturated rings. The number of benzene rings is 1. The Kier molecular flexibility index (Phi) is 6.36. The predicted octanol–water partition coefficient (Wildman–Crippen LogP) is 4.81. The van der Waals surface area contributed by atoms with E-state index in [2.05, 4.69) is 11.9 Å². The third-order valence-corrected chi connectivity index (χ3v) is 7.76. The highest BCUT2D eigenvalue weighted by molar-refractivity contribution is 8.00. The minimum atomic E-state index is -0.603. The number of nitrogens with one attached hydrogen (secondary N) is 1. The zero-order valence-corrected chi connectivity index (χ0v) is 19.5. The van der Waals surface area contributed by atoms with Crippen molar-refractivity contribution in [2.75, 3.05) is 5.32 Å². The fourth-order valence-corrected chi connectivity index (χ4v) is 6.05. The summed E-state index contributed by atoms with van der Waals surface area (Å²) in [6, 6.07) is 3.84. The van der Waals surface area contributed by atoms with Crippen LogP contribution in [0.3, 0.4) is 0 Å². The maximum atomic E-state index is 13.2. The standard InChI is InChI=1S/C21H19ClN4O4S2/c1-3-9-25-20(28)17-13-5-4-6-16(13)32-19(17)24-21(25)31-11(2)18(27)23-15-8-7-12(26(29)30)10-14(15)22/h3,7-8,10-11H,1,4-6,9H2,2H3,(H,23,27)/t11-/m1/s1. The van der Waals surface area contributed by atoms with Crippen LogP contribution in [0, 0.1) is 10.1 Å². The second-order valence-electron chi connectivity index (χ2n) is 7.31. The van der Waals surface area contributed by atoms with Gasteiger partial charge in [0.15, 0.2) is 5.16 Å². The van der Waals surface area contributed by atoms with Gasteiger partial charge in [-0.1, -0.05) is 29.4 Å². The van der Waals surface area contributed by atoms with Crippen LogP contribution in [0.15, 0.2) is 40.8 Å². The topological polar surface area (TPSA) is 107 Å². The van der Waals surface area contributed by atoms with Crippen molar-refractivity contribution < 1.29 is 9.72 Å². The molecule has 166 valence electrons. The van der Waals surface area contributed by atoms with Gasteiger partial charge in [-0.25, -0.2) is 4.98 Å². The highest BCUT2D eigenvalue weighted by Gasteiger charge is 2.25. The lowest BCUT2D eigenvalue weighted by atomic mass is 10.2. The molecule has 0 aliphatic heterocycles. The number of hydrogen-bond donors (Lipinski definition) is 1. The van der Waals surface area contributed by atoms with Gasteiger partial charge in [0.1, 0.15) is 4.83 Å². The van der Waals surface area contributed by atoms with E-state index in [1.165, 1.54) is 34.8 Å². The van der Waals surface area contributed by atoms with Gasteiger partial charge in [0.2, 0.25) is 5.91 Å². The third-order valence-electron chi connectivity index (χ3n) is 5.17. The number of fused-ring (bicyclic) bond motifs is 3. The van der Waals surface area contributed by atoms with Gasteiger partial charge in [0.25, 0.3) is 11.2 Å². The van der Waals surface area contributed by atoms with Gasteiger partial charge < -0.3 is 5.32 Å². The molecule has 11 heteroatoms. The first kappa shape index (κ1) is 22.5. The second-order valence-corrected chi connectivity index (χ2v) is 10.1. The molecule has 1 atom stereocenters. The van der Waals surface area contributed by atoms with Crippen LogP contribution in [-0.2, 0) is 24.2 Å². The number of thiophene rings is 1. The Balaban J connectivity index is 1.60. The number of aryl methyl sites for hydroxylation is 2. The summed E-state index contributed by atoms with van der Waals surface area (Å²) >= 11 is 8.80. The minimum absolute atomic E-state index is 0.0703. The number of nitro benzene ring substituents is 1. The lowest BCUT2D eigenvalue weighted by molar-refractivity contribution is -0.384. The van der Waals surface area contributed by atoms with E-state index in [9.17, 15) is 19.7 Å². The molecule has 1 aromatic carbocycles. The van der Waals surface area contributed by atoms with Gasteiger partial charge in [-0.2, -0.15) is 0 Å². The number of hydrogen-bond acceptors (Lipinski definition) is 7. The van der Waals surface area contributed by atoms with E-state index >= 15 is 0 Å². The number of non-ortho nitro benzene ring substituents is 1. The van der Waals surface area contributed by atoms with E-state index in [0.717, 1.165) is 24.8 Å². The molecular weight excluding hydrogens is 472 g/mol. The average Bonchev–Trinajstić information content (AvgIpc) is 3.32.